The molecule has 2 atom stereocenters. The molecule has 204 valence electrons. The van der Waals surface area contributed by atoms with Crippen molar-refractivity contribution in [1.29, 1.82) is 0 Å². The van der Waals surface area contributed by atoms with Crippen LogP contribution in [-0.2, 0) is 5.60 Å². The molecule has 0 bridgehead atoms. The predicted octanol–water partition coefficient (Wildman–Crippen LogP) is 3.62. The third-order valence-electron chi connectivity index (χ3n) is 7.46. The van der Waals surface area contributed by atoms with E-state index in [-0.39, 0.29) is 18.5 Å². The predicted molar refractivity (Wildman–Crippen MR) is 148 cm³/mol. The molecule has 11 heteroatoms. The number of nitrogens with zero attached hydrogens (tertiary/aromatic N) is 8. The van der Waals surface area contributed by atoms with E-state index in [0.29, 0.717) is 30.2 Å². The fourth-order valence-corrected chi connectivity index (χ4v) is 4.89. The highest BCUT2D eigenvalue weighted by molar-refractivity contribution is 5.80. The van der Waals surface area contributed by atoms with Crippen molar-refractivity contribution < 1.29 is 14.6 Å². The Morgan fingerprint density at radius 3 is 2.48 bits per heavy atom. The Morgan fingerprint density at radius 1 is 1.00 bits per heavy atom. The molecule has 10 nitrogen and oxygen atoms in total. The van der Waals surface area contributed by atoms with Crippen LogP contribution in [-0.4, -0.2) is 64.3 Å². The molecule has 5 heterocycles. The van der Waals surface area contributed by atoms with Crippen molar-refractivity contribution in [2.24, 2.45) is 0 Å². The van der Waals surface area contributed by atoms with E-state index in [1.165, 1.54) is 12.1 Å². The SMILES string of the molecule is C[C@H](CO)n1cc(-c2cc3c(C4=CCN(c5ncc(C(C)(O)c6ccc(F)cc6)cn5)CC4)ncnn3c2)cn1. The van der Waals surface area contributed by atoms with Gasteiger partial charge in [0.05, 0.1) is 30.1 Å². The van der Waals surface area contributed by atoms with Crippen LogP contribution in [0.25, 0.3) is 22.2 Å². The van der Waals surface area contributed by atoms with Crippen LogP contribution in [0.15, 0.2) is 73.7 Å². The highest BCUT2D eigenvalue weighted by atomic mass is 19.1. The second-order valence-electron chi connectivity index (χ2n) is 10.2. The van der Waals surface area contributed by atoms with Crippen LogP contribution in [0, 0.1) is 5.82 Å². The van der Waals surface area contributed by atoms with Gasteiger partial charge in [-0.05, 0) is 49.6 Å². The van der Waals surface area contributed by atoms with Gasteiger partial charge in [0.15, 0.2) is 0 Å². The average Bonchev–Trinajstić information content (AvgIpc) is 3.65. The third kappa shape index (κ3) is 4.74. The van der Waals surface area contributed by atoms with Crippen LogP contribution in [0.4, 0.5) is 10.3 Å². The van der Waals surface area contributed by atoms with Crippen molar-refractivity contribution in [2.75, 3.05) is 24.6 Å². The topological polar surface area (TPSA) is 117 Å². The van der Waals surface area contributed by atoms with E-state index in [1.807, 2.05) is 23.8 Å². The number of rotatable bonds is 7. The quantitative estimate of drug-likeness (QED) is 0.322. The van der Waals surface area contributed by atoms with E-state index in [1.54, 1.807) is 48.7 Å². The third-order valence-corrected chi connectivity index (χ3v) is 7.46. The molecule has 5 aromatic rings. The minimum Gasteiger partial charge on any atom is -0.394 e. The minimum atomic E-state index is -1.34. The van der Waals surface area contributed by atoms with Crippen LogP contribution in [0.3, 0.4) is 0 Å². The van der Waals surface area contributed by atoms with E-state index in [4.69, 9.17) is 0 Å². The first kappa shape index (κ1) is 25.8. The molecular formula is C29H29FN8O2. The number of hydrogen-bond acceptors (Lipinski definition) is 8. The van der Waals surface area contributed by atoms with E-state index in [9.17, 15) is 14.6 Å². The summed E-state index contributed by atoms with van der Waals surface area (Å²) in [6.45, 7) is 4.89. The molecule has 0 radical (unpaired) electrons. The summed E-state index contributed by atoms with van der Waals surface area (Å²) in [7, 11) is 0. The van der Waals surface area contributed by atoms with E-state index in [0.717, 1.165) is 34.3 Å². The Hall–Kier alpha value is -4.48. The number of hydrogen-bond donors (Lipinski definition) is 2. The monoisotopic (exact) mass is 540 g/mol. The molecular weight excluding hydrogens is 511 g/mol. The van der Waals surface area contributed by atoms with Gasteiger partial charge < -0.3 is 15.1 Å². The lowest BCUT2D eigenvalue weighted by molar-refractivity contribution is 0.101. The van der Waals surface area contributed by atoms with E-state index < -0.39 is 5.60 Å². The first-order chi connectivity index (χ1) is 19.3. The van der Waals surface area contributed by atoms with Crippen molar-refractivity contribution in [3.8, 4) is 11.1 Å². The number of benzene rings is 1. The summed E-state index contributed by atoms with van der Waals surface area (Å²) < 4.78 is 16.9. The average molecular weight is 541 g/mol. The molecule has 1 aliphatic rings. The number of aliphatic hydroxyl groups is 2. The molecule has 1 aromatic carbocycles. The molecule has 0 spiro atoms. The van der Waals surface area contributed by atoms with Gasteiger partial charge in [-0.15, -0.1) is 0 Å². The van der Waals surface area contributed by atoms with Crippen molar-refractivity contribution in [2.45, 2.75) is 31.9 Å². The van der Waals surface area contributed by atoms with Gasteiger partial charge in [-0.3, -0.25) is 4.68 Å². The maximum Gasteiger partial charge on any atom is 0.225 e. The molecule has 2 N–H and O–H groups in total. The van der Waals surface area contributed by atoms with Gasteiger partial charge in [0.1, 0.15) is 17.7 Å². The molecule has 0 saturated heterocycles. The van der Waals surface area contributed by atoms with Gasteiger partial charge in [-0.2, -0.15) is 10.2 Å². The highest BCUT2D eigenvalue weighted by Crippen LogP contribution is 2.31. The number of aromatic nitrogens is 7. The van der Waals surface area contributed by atoms with Crippen LogP contribution in [0.5, 0.6) is 0 Å². The highest BCUT2D eigenvalue weighted by Gasteiger charge is 2.27. The molecule has 0 amide bonds. The zero-order valence-corrected chi connectivity index (χ0v) is 22.2. The number of aliphatic hydroxyl groups excluding tert-OH is 1. The molecule has 4 aromatic heterocycles. The van der Waals surface area contributed by atoms with Crippen molar-refractivity contribution in [1.82, 2.24) is 34.3 Å². The standard InChI is InChI=1S/C29H29FN8O2/c1-19(17-39)37-16-22(12-34-37)21-11-26-27(33-18-35-38(26)15-21)20-7-9-36(10-8-20)28-31-13-24(14-32-28)29(2,40)23-3-5-25(30)6-4-23/h3-7,11-16,18-19,39-40H,8-10,17H2,1-2H3/t19-,29?/m1/s1. The van der Waals surface area contributed by atoms with Gasteiger partial charge in [0, 0.05) is 54.6 Å². The van der Waals surface area contributed by atoms with Crippen LogP contribution in [0.2, 0.25) is 0 Å². The Balaban J connectivity index is 1.20. The summed E-state index contributed by atoms with van der Waals surface area (Å²) in [4.78, 5) is 15.7. The molecule has 6 rings (SSSR count). The second-order valence-corrected chi connectivity index (χ2v) is 10.2. The lowest BCUT2D eigenvalue weighted by Gasteiger charge is -2.28. The van der Waals surface area contributed by atoms with Crippen LogP contribution in [0.1, 0.15) is 43.1 Å². The Bertz CT molecular complexity index is 1670. The summed E-state index contributed by atoms with van der Waals surface area (Å²) in [5.41, 5.74) is 4.57. The van der Waals surface area contributed by atoms with Gasteiger partial charge in [-0.1, -0.05) is 18.2 Å². The Kier molecular flexibility index (Phi) is 6.60. The lowest BCUT2D eigenvalue weighted by Crippen LogP contribution is -2.30. The minimum absolute atomic E-state index is 0.0195. The maximum absolute atomic E-state index is 13.3. The van der Waals surface area contributed by atoms with Gasteiger partial charge in [0.2, 0.25) is 5.95 Å². The van der Waals surface area contributed by atoms with Gasteiger partial charge in [-0.25, -0.2) is 23.9 Å². The fourth-order valence-electron chi connectivity index (χ4n) is 4.89. The van der Waals surface area contributed by atoms with E-state index >= 15 is 0 Å². The summed E-state index contributed by atoms with van der Waals surface area (Å²) in [6.07, 6.45) is 13.3. The Labute approximate surface area is 230 Å². The van der Waals surface area contributed by atoms with Gasteiger partial charge in [0.25, 0.3) is 0 Å². The molecule has 0 aliphatic carbocycles. The summed E-state index contributed by atoms with van der Waals surface area (Å²) in [6, 6.07) is 7.72. The number of halogens is 1. The maximum atomic E-state index is 13.3. The van der Waals surface area contributed by atoms with Crippen molar-refractivity contribution >= 4 is 17.0 Å². The molecule has 0 fully saturated rings. The first-order valence-electron chi connectivity index (χ1n) is 13.1. The van der Waals surface area contributed by atoms with E-state index in [2.05, 4.69) is 42.2 Å². The molecule has 40 heavy (non-hydrogen) atoms. The molecule has 0 saturated carbocycles. The Morgan fingerprint density at radius 2 is 1.77 bits per heavy atom. The van der Waals surface area contributed by atoms with Gasteiger partial charge >= 0.3 is 0 Å². The second kappa shape index (κ2) is 10.2. The number of fused-ring (bicyclic) bond motifs is 1. The fraction of sp³-hybridized carbons (Fsp3) is 0.276. The van der Waals surface area contributed by atoms with Crippen molar-refractivity contribution in [3.05, 3.63) is 96.4 Å². The summed E-state index contributed by atoms with van der Waals surface area (Å²) >= 11 is 0. The summed E-state index contributed by atoms with van der Waals surface area (Å²) in [5, 5.41) is 29.3. The first-order valence-corrected chi connectivity index (χ1v) is 13.1. The normalized spacial score (nSPS) is 16.1. The van der Waals surface area contributed by atoms with Crippen molar-refractivity contribution in [3.63, 3.8) is 0 Å². The smallest absolute Gasteiger partial charge is 0.225 e. The molecule has 1 unspecified atom stereocenters. The molecule has 1 aliphatic heterocycles. The lowest BCUT2D eigenvalue weighted by atomic mass is 9.90. The summed E-state index contributed by atoms with van der Waals surface area (Å²) in [5.74, 6) is 0.213. The van der Waals surface area contributed by atoms with Crippen LogP contribution < -0.4 is 4.90 Å². The number of anilines is 1. The largest absolute Gasteiger partial charge is 0.394 e. The zero-order valence-electron chi connectivity index (χ0n) is 22.2. The zero-order chi connectivity index (χ0) is 27.9. The van der Waals surface area contributed by atoms with Crippen LogP contribution >= 0.6 is 0 Å².